The van der Waals surface area contributed by atoms with Gasteiger partial charge in [0, 0.05) is 17.7 Å². The number of aliphatic hydroxyl groups is 1. The molecule has 1 fully saturated rings. The van der Waals surface area contributed by atoms with Crippen LogP contribution in [0.2, 0.25) is 0 Å². The summed E-state index contributed by atoms with van der Waals surface area (Å²) >= 11 is 0. The van der Waals surface area contributed by atoms with E-state index < -0.39 is 35.9 Å². The van der Waals surface area contributed by atoms with Crippen molar-refractivity contribution < 1.29 is 32.2 Å². The third-order valence-corrected chi connectivity index (χ3v) is 4.28. The number of aromatic nitrogens is 1. The first-order valence-electron chi connectivity index (χ1n) is 8.54. The van der Waals surface area contributed by atoms with Gasteiger partial charge < -0.3 is 9.84 Å². The van der Waals surface area contributed by atoms with Gasteiger partial charge in [-0.1, -0.05) is 18.2 Å². The maximum absolute atomic E-state index is 13.6. The van der Waals surface area contributed by atoms with Crippen LogP contribution in [0.15, 0.2) is 36.4 Å². The van der Waals surface area contributed by atoms with Crippen LogP contribution in [0.1, 0.15) is 29.8 Å². The van der Waals surface area contributed by atoms with Crippen molar-refractivity contribution in [2.24, 2.45) is 0 Å². The summed E-state index contributed by atoms with van der Waals surface area (Å²) in [6.45, 7) is 1.44. The Kier molecular flexibility index (Phi) is 5.51. The first kappa shape index (κ1) is 20.0. The molecule has 0 unspecified atom stereocenters. The lowest BCUT2D eigenvalue weighted by Gasteiger charge is -2.23. The first-order valence-corrected chi connectivity index (χ1v) is 8.54. The molecular formula is C20H17F4NO3. The molecule has 1 aromatic heterocycles. The molecule has 0 radical (unpaired) electrons. The molecule has 2 heterocycles. The van der Waals surface area contributed by atoms with E-state index in [-0.39, 0.29) is 29.7 Å². The topological polar surface area (TPSA) is 59.4 Å². The number of aliphatic hydroxyl groups excluding tert-OH is 1. The molecule has 4 nitrogen and oxygen atoms in total. The Hall–Kier alpha value is -2.74. The van der Waals surface area contributed by atoms with Crippen molar-refractivity contribution in [3.05, 3.63) is 59.2 Å². The van der Waals surface area contributed by atoms with Crippen LogP contribution in [0, 0.1) is 12.7 Å². The number of carbonyl (C=O) groups excluding carboxylic acids is 1. The molecule has 1 saturated heterocycles. The van der Waals surface area contributed by atoms with Gasteiger partial charge in [0.2, 0.25) is 0 Å². The zero-order valence-electron chi connectivity index (χ0n) is 14.8. The molecule has 1 N–H and O–H groups in total. The van der Waals surface area contributed by atoms with Crippen molar-refractivity contribution in [3.63, 3.8) is 0 Å². The highest BCUT2D eigenvalue weighted by Gasteiger charge is 2.36. The number of benzene rings is 1. The predicted octanol–water partition coefficient (Wildman–Crippen LogP) is 4.29. The fraction of sp³-hybridized carbons (Fsp3) is 0.300. The van der Waals surface area contributed by atoms with E-state index in [1.807, 2.05) is 0 Å². The Balaban J connectivity index is 2.10. The fourth-order valence-corrected chi connectivity index (χ4v) is 3.07. The highest BCUT2D eigenvalue weighted by Crippen LogP contribution is 2.37. The second-order valence-electron chi connectivity index (χ2n) is 6.56. The molecule has 1 aliphatic rings. The maximum atomic E-state index is 13.6. The van der Waals surface area contributed by atoms with Gasteiger partial charge in [-0.2, -0.15) is 13.2 Å². The first-order chi connectivity index (χ1) is 13.1. The van der Waals surface area contributed by atoms with Crippen LogP contribution in [0.5, 0.6) is 0 Å². The number of pyridine rings is 1. The molecule has 2 aromatic rings. The maximum Gasteiger partial charge on any atom is 0.433 e. The molecule has 0 bridgehead atoms. The Morgan fingerprint density at radius 3 is 2.54 bits per heavy atom. The predicted molar refractivity (Wildman–Crippen MR) is 93.5 cm³/mol. The second kappa shape index (κ2) is 7.71. The molecule has 148 valence electrons. The number of hydrogen-bond acceptors (Lipinski definition) is 4. The van der Waals surface area contributed by atoms with Crippen LogP contribution >= 0.6 is 0 Å². The third kappa shape index (κ3) is 4.56. The summed E-state index contributed by atoms with van der Waals surface area (Å²) in [4.78, 5) is 15.1. The van der Waals surface area contributed by atoms with Gasteiger partial charge in [-0.3, -0.25) is 4.79 Å². The van der Waals surface area contributed by atoms with E-state index in [4.69, 9.17) is 4.74 Å². The van der Waals surface area contributed by atoms with Crippen molar-refractivity contribution in [1.29, 1.82) is 0 Å². The van der Waals surface area contributed by atoms with Gasteiger partial charge in [0.25, 0.3) is 0 Å². The van der Waals surface area contributed by atoms with E-state index in [0.29, 0.717) is 5.56 Å². The standard InChI is InChI=1S/C20H17F4NO3/c1-11-8-17(12-2-4-13(21)5-3-12)16(19(25-11)20(22,23)24)7-6-15-9-14(26)10-18(27)28-15/h2-8,14-15,26H,9-10H2,1H3/b7-6+/t14-,15-/m0/s1. The van der Waals surface area contributed by atoms with Gasteiger partial charge in [-0.05, 0) is 42.3 Å². The van der Waals surface area contributed by atoms with Crippen molar-refractivity contribution in [2.45, 2.75) is 38.1 Å². The number of cyclic esters (lactones) is 1. The van der Waals surface area contributed by atoms with Gasteiger partial charge in [-0.25, -0.2) is 9.37 Å². The molecule has 0 saturated carbocycles. The van der Waals surface area contributed by atoms with Crippen molar-refractivity contribution in [2.75, 3.05) is 0 Å². The Labute approximate surface area is 158 Å². The monoisotopic (exact) mass is 395 g/mol. The van der Waals surface area contributed by atoms with Gasteiger partial charge in [0.15, 0.2) is 5.69 Å². The highest BCUT2D eigenvalue weighted by molar-refractivity contribution is 5.77. The number of esters is 1. The zero-order chi connectivity index (χ0) is 20.5. The van der Waals surface area contributed by atoms with E-state index in [1.54, 1.807) is 0 Å². The zero-order valence-corrected chi connectivity index (χ0v) is 14.8. The largest absolute Gasteiger partial charge is 0.458 e. The van der Waals surface area contributed by atoms with Crippen molar-refractivity contribution in [3.8, 4) is 11.1 Å². The molecule has 2 atom stereocenters. The molecule has 0 spiro atoms. The van der Waals surface area contributed by atoms with Crippen LogP contribution in [-0.2, 0) is 15.7 Å². The summed E-state index contributed by atoms with van der Waals surface area (Å²) in [5, 5.41) is 9.66. The van der Waals surface area contributed by atoms with Crippen LogP contribution in [-0.4, -0.2) is 28.3 Å². The van der Waals surface area contributed by atoms with E-state index in [9.17, 15) is 27.5 Å². The van der Waals surface area contributed by atoms with Crippen LogP contribution < -0.4 is 0 Å². The lowest BCUT2D eigenvalue weighted by Crippen LogP contribution is -2.31. The highest BCUT2D eigenvalue weighted by atomic mass is 19.4. The summed E-state index contributed by atoms with van der Waals surface area (Å²) in [6.07, 6.45) is -4.05. The Morgan fingerprint density at radius 2 is 1.93 bits per heavy atom. The SMILES string of the molecule is Cc1cc(-c2ccc(F)cc2)c(/C=C/[C@H]2C[C@H](O)CC(=O)O2)c(C(F)(F)F)n1. The Bertz CT molecular complexity index is 907. The van der Waals surface area contributed by atoms with Crippen molar-refractivity contribution in [1.82, 2.24) is 4.98 Å². The fourth-order valence-electron chi connectivity index (χ4n) is 3.07. The summed E-state index contributed by atoms with van der Waals surface area (Å²) in [6, 6.07) is 6.55. The van der Waals surface area contributed by atoms with Gasteiger partial charge in [-0.15, -0.1) is 0 Å². The number of carbonyl (C=O) groups is 1. The summed E-state index contributed by atoms with van der Waals surface area (Å²) in [7, 11) is 0. The number of ether oxygens (including phenoxy) is 1. The minimum atomic E-state index is -4.72. The lowest BCUT2D eigenvalue weighted by atomic mass is 9.96. The quantitative estimate of drug-likeness (QED) is 0.622. The summed E-state index contributed by atoms with van der Waals surface area (Å²) < 4.78 is 59.1. The molecule has 8 heteroatoms. The van der Waals surface area contributed by atoms with Gasteiger partial charge in [0.1, 0.15) is 11.9 Å². The summed E-state index contributed by atoms with van der Waals surface area (Å²) in [5.74, 6) is -1.13. The number of rotatable bonds is 3. The minimum absolute atomic E-state index is 0.0920. The van der Waals surface area contributed by atoms with E-state index in [2.05, 4.69) is 4.98 Å². The Morgan fingerprint density at radius 1 is 1.25 bits per heavy atom. The van der Waals surface area contributed by atoms with Gasteiger partial charge >= 0.3 is 12.1 Å². The van der Waals surface area contributed by atoms with Gasteiger partial charge in [0.05, 0.1) is 12.5 Å². The van der Waals surface area contributed by atoms with Crippen LogP contribution in [0.4, 0.5) is 17.6 Å². The van der Waals surface area contributed by atoms with E-state index in [0.717, 1.165) is 12.1 Å². The number of nitrogens with zero attached hydrogens (tertiary/aromatic N) is 1. The molecule has 28 heavy (non-hydrogen) atoms. The molecule has 1 aromatic carbocycles. The average molecular weight is 395 g/mol. The lowest BCUT2D eigenvalue weighted by molar-refractivity contribution is -0.156. The number of hydrogen-bond donors (Lipinski definition) is 1. The summed E-state index contributed by atoms with van der Waals surface area (Å²) in [5.41, 5.74) is -0.550. The van der Waals surface area contributed by atoms with Crippen LogP contribution in [0.25, 0.3) is 17.2 Å². The number of aryl methyl sites for hydroxylation is 1. The van der Waals surface area contributed by atoms with E-state index in [1.165, 1.54) is 37.3 Å². The molecule has 0 amide bonds. The molecule has 3 rings (SSSR count). The molecular weight excluding hydrogens is 378 g/mol. The van der Waals surface area contributed by atoms with E-state index >= 15 is 0 Å². The minimum Gasteiger partial charge on any atom is -0.458 e. The molecule has 0 aliphatic carbocycles. The number of halogens is 4. The normalized spacial score (nSPS) is 20.4. The molecule has 1 aliphatic heterocycles. The third-order valence-electron chi connectivity index (χ3n) is 4.28. The smallest absolute Gasteiger partial charge is 0.433 e. The van der Waals surface area contributed by atoms with Crippen molar-refractivity contribution >= 4 is 12.0 Å². The van der Waals surface area contributed by atoms with Crippen LogP contribution in [0.3, 0.4) is 0 Å². The average Bonchev–Trinajstić information content (AvgIpc) is 2.59. The second-order valence-corrected chi connectivity index (χ2v) is 6.56. The number of alkyl halides is 3.